The molecule has 5 heteroatoms. The Kier molecular flexibility index (Phi) is 10.3. The summed E-state index contributed by atoms with van der Waals surface area (Å²) >= 11 is 6.16. The number of rotatable bonds is 13. The lowest BCUT2D eigenvalue weighted by atomic mass is 9.70. The average molecular weight is 521 g/mol. The molecule has 198 valence electrons. The van der Waals surface area contributed by atoms with Crippen molar-refractivity contribution in [2.24, 2.45) is 0 Å². The van der Waals surface area contributed by atoms with Crippen LogP contribution in [0, 0.1) is 0 Å². The highest BCUT2D eigenvalue weighted by Crippen LogP contribution is 2.38. The van der Waals surface area contributed by atoms with Crippen LogP contribution in [0.5, 0.6) is 0 Å². The van der Waals surface area contributed by atoms with E-state index >= 15 is 0 Å². The standard InChI is InChI=1S/C32H41ClN2O2/c1-6-21-31(37-5,26-17-19-29(33)20-18-26)22-24-35(4)25-23-32(30(36)34(2)3,27-13-9-7-10-14-27)28-15-11-8-12-16-28/h7-20H,6,21-25H2,1-5H3. The van der Waals surface area contributed by atoms with Gasteiger partial charge in [-0.2, -0.15) is 0 Å². The quantitative estimate of drug-likeness (QED) is 0.249. The van der Waals surface area contributed by atoms with Crippen LogP contribution in [0.25, 0.3) is 0 Å². The predicted octanol–water partition coefficient (Wildman–Crippen LogP) is 6.77. The van der Waals surface area contributed by atoms with Gasteiger partial charge in [0.2, 0.25) is 5.91 Å². The number of benzene rings is 3. The van der Waals surface area contributed by atoms with E-state index < -0.39 is 5.41 Å². The third kappa shape index (κ3) is 6.62. The smallest absolute Gasteiger partial charge is 0.237 e. The van der Waals surface area contributed by atoms with Crippen LogP contribution in [0.1, 0.15) is 49.3 Å². The second kappa shape index (κ2) is 13.2. The van der Waals surface area contributed by atoms with Gasteiger partial charge in [0.15, 0.2) is 0 Å². The second-order valence-electron chi connectivity index (χ2n) is 10.1. The van der Waals surface area contributed by atoms with E-state index in [2.05, 4.69) is 55.3 Å². The molecule has 1 amide bonds. The largest absolute Gasteiger partial charge is 0.373 e. The zero-order valence-corrected chi connectivity index (χ0v) is 23.7. The molecule has 0 aromatic heterocycles. The van der Waals surface area contributed by atoms with Crippen molar-refractivity contribution in [3.8, 4) is 0 Å². The summed E-state index contributed by atoms with van der Waals surface area (Å²) in [5.41, 5.74) is 2.06. The molecule has 4 nitrogen and oxygen atoms in total. The van der Waals surface area contributed by atoms with E-state index in [-0.39, 0.29) is 11.5 Å². The Morgan fingerprint density at radius 1 is 0.757 bits per heavy atom. The molecule has 0 spiro atoms. The fraction of sp³-hybridized carbons (Fsp3) is 0.406. The Balaban J connectivity index is 1.87. The van der Waals surface area contributed by atoms with Gasteiger partial charge in [0.05, 0.1) is 5.60 Å². The molecule has 37 heavy (non-hydrogen) atoms. The Morgan fingerprint density at radius 2 is 1.27 bits per heavy atom. The molecule has 3 rings (SSSR count). The minimum Gasteiger partial charge on any atom is -0.373 e. The van der Waals surface area contributed by atoms with Crippen LogP contribution in [0.3, 0.4) is 0 Å². The van der Waals surface area contributed by atoms with Crippen LogP contribution in [-0.2, 0) is 20.5 Å². The monoisotopic (exact) mass is 520 g/mol. The molecular weight excluding hydrogens is 480 g/mol. The summed E-state index contributed by atoms with van der Waals surface area (Å²) in [6.45, 7) is 3.79. The molecule has 3 aromatic rings. The van der Waals surface area contributed by atoms with Crippen LogP contribution < -0.4 is 0 Å². The van der Waals surface area contributed by atoms with Gasteiger partial charge in [0.1, 0.15) is 5.41 Å². The Morgan fingerprint density at radius 3 is 1.73 bits per heavy atom. The number of hydrogen-bond donors (Lipinski definition) is 0. The van der Waals surface area contributed by atoms with Crippen LogP contribution in [-0.4, -0.2) is 57.0 Å². The lowest BCUT2D eigenvalue weighted by Gasteiger charge is -2.38. The van der Waals surface area contributed by atoms with Gasteiger partial charge in [0, 0.05) is 32.8 Å². The average Bonchev–Trinajstić information content (AvgIpc) is 2.93. The van der Waals surface area contributed by atoms with Gasteiger partial charge in [-0.15, -0.1) is 0 Å². The molecule has 0 heterocycles. The van der Waals surface area contributed by atoms with Crippen molar-refractivity contribution in [1.29, 1.82) is 0 Å². The zero-order valence-electron chi connectivity index (χ0n) is 22.9. The summed E-state index contributed by atoms with van der Waals surface area (Å²) < 4.78 is 6.18. The molecule has 3 aromatic carbocycles. The number of hydrogen-bond acceptors (Lipinski definition) is 3. The molecule has 0 saturated carbocycles. The first-order chi connectivity index (χ1) is 17.8. The van der Waals surface area contributed by atoms with E-state index in [9.17, 15) is 4.79 Å². The fourth-order valence-corrected chi connectivity index (χ4v) is 5.50. The lowest BCUT2D eigenvalue weighted by Crippen LogP contribution is -2.47. The van der Waals surface area contributed by atoms with Gasteiger partial charge in [-0.25, -0.2) is 0 Å². The minimum atomic E-state index is -0.766. The zero-order chi connectivity index (χ0) is 26.9. The molecular formula is C32H41ClN2O2. The molecule has 0 fully saturated rings. The van der Waals surface area contributed by atoms with Gasteiger partial charge < -0.3 is 14.5 Å². The second-order valence-corrected chi connectivity index (χ2v) is 10.5. The Bertz CT molecular complexity index is 1060. The molecule has 0 aliphatic rings. The lowest BCUT2D eigenvalue weighted by molar-refractivity contribution is -0.133. The summed E-state index contributed by atoms with van der Waals surface area (Å²) in [7, 11) is 7.62. The maximum Gasteiger partial charge on any atom is 0.237 e. The molecule has 0 saturated heterocycles. The van der Waals surface area contributed by atoms with Crippen LogP contribution >= 0.6 is 11.6 Å². The molecule has 1 atom stereocenters. The van der Waals surface area contributed by atoms with Gasteiger partial charge in [-0.3, -0.25) is 4.79 Å². The van der Waals surface area contributed by atoms with E-state index in [4.69, 9.17) is 16.3 Å². The molecule has 0 aliphatic heterocycles. The highest BCUT2D eigenvalue weighted by Gasteiger charge is 2.43. The summed E-state index contributed by atoms with van der Waals surface area (Å²) in [6, 6.07) is 28.4. The molecule has 0 aliphatic carbocycles. The summed E-state index contributed by atoms with van der Waals surface area (Å²) in [5, 5.41) is 0.728. The van der Waals surface area contributed by atoms with E-state index in [1.807, 2.05) is 62.6 Å². The first-order valence-corrected chi connectivity index (χ1v) is 13.5. The first-order valence-electron chi connectivity index (χ1n) is 13.1. The van der Waals surface area contributed by atoms with E-state index in [0.717, 1.165) is 54.1 Å². The molecule has 1 unspecified atom stereocenters. The Hall–Kier alpha value is -2.66. The van der Waals surface area contributed by atoms with Crippen LogP contribution in [0.2, 0.25) is 5.02 Å². The summed E-state index contributed by atoms with van der Waals surface area (Å²) in [5.74, 6) is 0.0942. The van der Waals surface area contributed by atoms with Crippen molar-refractivity contribution in [3.63, 3.8) is 0 Å². The van der Waals surface area contributed by atoms with Crippen LogP contribution in [0.15, 0.2) is 84.9 Å². The first kappa shape index (κ1) is 28.9. The van der Waals surface area contributed by atoms with Crippen molar-refractivity contribution in [2.75, 3.05) is 41.3 Å². The highest BCUT2D eigenvalue weighted by atomic mass is 35.5. The van der Waals surface area contributed by atoms with E-state index in [1.165, 1.54) is 0 Å². The van der Waals surface area contributed by atoms with Crippen LogP contribution in [0.4, 0.5) is 0 Å². The molecule has 0 N–H and O–H groups in total. The van der Waals surface area contributed by atoms with Crippen molar-refractivity contribution in [2.45, 2.75) is 43.6 Å². The minimum absolute atomic E-state index is 0.0942. The number of halogens is 1. The van der Waals surface area contributed by atoms with Gasteiger partial charge in [0.25, 0.3) is 0 Å². The normalized spacial score (nSPS) is 13.4. The predicted molar refractivity (Wildman–Crippen MR) is 154 cm³/mol. The maximum absolute atomic E-state index is 13.9. The molecule has 0 bridgehead atoms. The number of carbonyl (C=O) groups excluding carboxylic acids is 1. The number of nitrogens with zero attached hydrogens (tertiary/aromatic N) is 2. The van der Waals surface area contributed by atoms with Gasteiger partial charge >= 0.3 is 0 Å². The summed E-state index contributed by atoms with van der Waals surface area (Å²) in [6.07, 6.45) is 3.46. The molecule has 0 radical (unpaired) electrons. The SMILES string of the molecule is CCCC(CCN(C)CCC(C(=O)N(C)C)(c1ccccc1)c1ccccc1)(OC)c1ccc(Cl)cc1. The number of methoxy groups -OCH3 is 1. The number of amides is 1. The number of ether oxygens (including phenoxy) is 1. The van der Waals surface area contributed by atoms with Gasteiger partial charge in [-0.05, 0) is 61.7 Å². The third-order valence-corrected chi connectivity index (χ3v) is 7.74. The Labute approximate surface area is 228 Å². The van der Waals surface area contributed by atoms with Crippen molar-refractivity contribution in [3.05, 3.63) is 107 Å². The van der Waals surface area contributed by atoms with Crippen molar-refractivity contribution >= 4 is 17.5 Å². The van der Waals surface area contributed by atoms with Crippen molar-refractivity contribution in [1.82, 2.24) is 9.80 Å². The van der Waals surface area contributed by atoms with E-state index in [1.54, 1.807) is 12.0 Å². The third-order valence-electron chi connectivity index (χ3n) is 7.49. The maximum atomic E-state index is 13.9. The number of carbonyl (C=O) groups is 1. The highest BCUT2D eigenvalue weighted by molar-refractivity contribution is 6.30. The fourth-order valence-electron chi connectivity index (χ4n) is 5.37. The number of likely N-dealkylation sites (N-methyl/N-ethyl adjacent to an activating group) is 1. The summed E-state index contributed by atoms with van der Waals surface area (Å²) in [4.78, 5) is 18.0. The topological polar surface area (TPSA) is 32.8 Å². The van der Waals surface area contributed by atoms with Crippen molar-refractivity contribution < 1.29 is 9.53 Å². The van der Waals surface area contributed by atoms with Gasteiger partial charge in [-0.1, -0.05) is 97.7 Å². The van der Waals surface area contributed by atoms with E-state index in [0.29, 0.717) is 6.42 Å².